The standard InChI is InChI=1S/C26H34ClN7O2/c1-32-12-3-5-19(32)17-36-26-30-21-16-33(22-7-2-8-23(35)24(22)27)13-4-6-20(21)25(31-26)34-14-11-29-18(15-34)9-10-28/h2,7-8,18-19,29,35H,3-6,9,11-17H2,1H3/t18?,19-/m0/s1. The minimum Gasteiger partial charge on any atom is -0.506 e. The molecular weight excluding hydrogens is 478 g/mol. The van der Waals surface area contributed by atoms with Crippen LogP contribution < -0.4 is 19.9 Å². The number of ether oxygens (including phenoxy) is 1. The van der Waals surface area contributed by atoms with E-state index >= 15 is 0 Å². The van der Waals surface area contributed by atoms with Gasteiger partial charge in [-0.3, -0.25) is 0 Å². The summed E-state index contributed by atoms with van der Waals surface area (Å²) in [6.45, 7) is 5.35. The van der Waals surface area contributed by atoms with Crippen molar-refractivity contribution in [2.75, 3.05) is 56.2 Å². The van der Waals surface area contributed by atoms with Gasteiger partial charge in [0, 0.05) is 43.8 Å². The Morgan fingerprint density at radius 3 is 2.92 bits per heavy atom. The van der Waals surface area contributed by atoms with Gasteiger partial charge in [0.05, 0.1) is 30.4 Å². The number of phenolic OH excluding ortho intramolecular Hbond substituents is 1. The number of nitrogens with zero attached hydrogens (tertiary/aromatic N) is 6. The smallest absolute Gasteiger partial charge is 0.318 e. The zero-order valence-electron chi connectivity index (χ0n) is 20.8. The van der Waals surface area contributed by atoms with Crippen molar-refractivity contribution in [1.82, 2.24) is 20.2 Å². The summed E-state index contributed by atoms with van der Waals surface area (Å²) >= 11 is 6.48. The SMILES string of the molecule is CN1CCC[C@H]1COc1nc2c(c(N3CCNC(CC#N)C3)n1)CCCN(c1cccc(O)c1Cl)C2. The molecule has 2 atom stereocenters. The van der Waals surface area contributed by atoms with Crippen molar-refractivity contribution in [2.45, 2.75) is 50.7 Å². The Balaban J connectivity index is 1.47. The molecule has 0 radical (unpaired) electrons. The number of nitriles is 1. The number of anilines is 2. The van der Waals surface area contributed by atoms with Gasteiger partial charge in [-0.15, -0.1) is 0 Å². The third-order valence-electron chi connectivity index (χ3n) is 7.51. The second kappa shape index (κ2) is 11.1. The molecular formula is C26H34ClN7O2. The summed E-state index contributed by atoms with van der Waals surface area (Å²) in [7, 11) is 2.14. The number of likely N-dealkylation sites (tertiary alicyclic amines) is 1. The number of phenols is 1. The Labute approximate surface area is 217 Å². The number of aromatic nitrogens is 2. The molecule has 2 aromatic rings. The van der Waals surface area contributed by atoms with Crippen LogP contribution in [0.2, 0.25) is 5.02 Å². The van der Waals surface area contributed by atoms with Crippen LogP contribution in [0.25, 0.3) is 0 Å². The Morgan fingerprint density at radius 2 is 2.11 bits per heavy atom. The maximum Gasteiger partial charge on any atom is 0.318 e. The van der Waals surface area contributed by atoms with Crippen molar-refractivity contribution in [3.63, 3.8) is 0 Å². The van der Waals surface area contributed by atoms with Crippen molar-refractivity contribution >= 4 is 23.1 Å². The monoisotopic (exact) mass is 511 g/mol. The van der Waals surface area contributed by atoms with Crippen LogP contribution >= 0.6 is 11.6 Å². The third-order valence-corrected chi connectivity index (χ3v) is 7.90. The molecule has 3 aliphatic heterocycles. The van der Waals surface area contributed by atoms with Gasteiger partial charge >= 0.3 is 6.01 Å². The number of benzene rings is 1. The van der Waals surface area contributed by atoms with Crippen LogP contribution in [0, 0.1) is 11.3 Å². The fourth-order valence-corrected chi connectivity index (χ4v) is 5.74. The number of rotatable bonds is 6. The largest absolute Gasteiger partial charge is 0.506 e. The van der Waals surface area contributed by atoms with E-state index in [4.69, 9.17) is 26.3 Å². The van der Waals surface area contributed by atoms with E-state index in [0.717, 1.165) is 74.7 Å². The molecule has 0 aliphatic carbocycles. The first-order valence-corrected chi connectivity index (χ1v) is 13.2. The Kier molecular flexibility index (Phi) is 7.65. The lowest BCUT2D eigenvalue weighted by atomic mass is 10.1. The molecule has 5 rings (SSSR count). The first kappa shape index (κ1) is 24.9. The molecule has 0 saturated carbocycles. The van der Waals surface area contributed by atoms with Gasteiger partial charge in [-0.1, -0.05) is 17.7 Å². The predicted molar refractivity (Wildman–Crippen MR) is 140 cm³/mol. The molecule has 1 aromatic heterocycles. The van der Waals surface area contributed by atoms with Crippen molar-refractivity contribution in [3.8, 4) is 17.8 Å². The quantitative estimate of drug-likeness (QED) is 0.606. The van der Waals surface area contributed by atoms with Crippen LogP contribution in [0.15, 0.2) is 18.2 Å². The number of aromatic hydroxyl groups is 1. The van der Waals surface area contributed by atoms with E-state index < -0.39 is 0 Å². The fraction of sp³-hybridized carbons (Fsp3) is 0.577. The molecule has 10 heteroatoms. The van der Waals surface area contributed by atoms with Gasteiger partial charge < -0.3 is 29.9 Å². The highest BCUT2D eigenvalue weighted by molar-refractivity contribution is 6.34. The van der Waals surface area contributed by atoms with Crippen LogP contribution in [-0.2, 0) is 13.0 Å². The molecule has 2 N–H and O–H groups in total. The average Bonchev–Trinajstić information content (AvgIpc) is 3.17. The molecule has 1 aromatic carbocycles. The summed E-state index contributed by atoms with van der Waals surface area (Å²) in [5, 5.41) is 23.2. The molecule has 192 valence electrons. The highest BCUT2D eigenvalue weighted by Gasteiger charge is 2.29. The van der Waals surface area contributed by atoms with E-state index in [2.05, 4.69) is 33.1 Å². The van der Waals surface area contributed by atoms with Gasteiger partial charge in [0.15, 0.2) is 0 Å². The highest BCUT2D eigenvalue weighted by Crippen LogP contribution is 2.37. The van der Waals surface area contributed by atoms with Crippen molar-refractivity contribution in [1.29, 1.82) is 5.26 Å². The maximum atomic E-state index is 10.2. The lowest BCUT2D eigenvalue weighted by molar-refractivity contribution is 0.187. The van der Waals surface area contributed by atoms with Crippen molar-refractivity contribution in [3.05, 3.63) is 34.5 Å². The van der Waals surface area contributed by atoms with E-state index in [1.807, 2.05) is 12.1 Å². The molecule has 0 amide bonds. The number of hydrogen-bond donors (Lipinski definition) is 2. The number of likely N-dealkylation sites (N-methyl/N-ethyl adjacent to an activating group) is 1. The van der Waals surface area contributed by atoms with Gasteiger partial charge in [0.1, 0.15) is 23.2 Å². The summed E-state index contributed by atoms with van der Waals surface area (Å²) < 4.78 is 6.21. The van der Waals surface area contributed by atoms with E-state index in [1.54, 1.807) is 6.07 Å². The van der Waals surface area contributed by atoms with Gasteiger partial charge in [0.25, 0.3) is 0 Å². The Hall–Kier alpha value is -2.80. The predicted octanol–water partition coefficient (Wildman–Crippen LogP) is 2.95. The van der Waals surface area contributed by atoms with Crippen LogP contribution in [0.5, 0.6) is 11.8 Å². The molecule has 4 heterocycles. The summed E-state index contributed by atoms with van der Waals surface area (Å²) in [6.07, 6.45) is 4.52. The van der Waals surface area contributed by atoms with E-state index in [1.165, 1.54) is 6.42 Å². The van der Waals surface area contributed by atoms with Gasteiger partial charge in [-0.2, -0.15) is 15.2 Å². The lowest BCUT2D eigenvalue weighted by Gasteiger charge is -2.35. The fourth-order valence-electron chi connectivity index (χ4n) is 5.50. The number of hydrogen-bond acceptors (Lipinski definition) is 9. The van der Waals surface area contributed by atoms with Gasteiger partial charge in [-0.05, 0) is 51.4 Å². The highest BCUT2D eigenvalue weighted by atomic mass is 35.5. The molecule has 2 fully saturated rings. The second-order valence-corrected chi connectivity index (χ2v) is 10.3. The zero-order chi connectivity index (χ0) is 25.1. The van der Waals surface area contributed by atoms with Crippen LogP contribution in [0.4, 0.5) is 11.5 Å². The summed E-state index contributed by atoms with van der Waals surface area (Å²) in [5.41, 5.74) is 2.87. The Morgan fingerprint density at radius 1 is 1.22 bits per heavy atom. The number of piperazine rings is 1. The minimum atomic E-state index is 0.0797. The van der Waals surface area contributed by atoms with Gasteiger partial charge in [0.2, 0.25) is 0 Å². The maximum absolute atomic E-state index is 10.2. The summed E-state index contributed by atoms with van der Waals surface area (Å²) in [6, 6.07) is 8.54. The third kappa shape index (κ3) is 5.31. The molecule has 3 aliphatic rings. The van der Waals surface area contributed by atoms with Crippen LogP contribution in [0.1, 0.15) is 36.9 Å². The molecule has 1 unspecified atom stereocenters. The Bertz CT molecular complexity index is 1120. The van der Waals surface area contributed by atoms with Crippen molar-refractivity contribution in [2.24, 2.45) is 0 Å². The number of fused-ring (bicyclic) bond motifs is 1. The van der Waals surface area contributed by atoms with Crippen LogP contribution in [0.3, 0.4) is 0 Å². The zero-order valence-corrected chi connectivity index (χ0v) is 21.5. The number of nitrogens with one attached hydrogen (secondary N) is 1. The first-order chi connectivity index (χ1) is 17.5. The van der Waals surface area contributed by atoms with Crippen molar-refractivity contribution < 1.29 is 9.84 Å². The lowest BCUT2D eigenvalue weighted by Crippen LogP contribution is -2.51. The molecule has 9 nitrogen and oxygen atoms in total. The molecule has 2 saturated heterocycles. The normalized spacial score (nSPS) is 22.7. The second-order valence-electron chi connectivity index (χ2n) is 9.94. The summed E-state index contributed by atoms with van der Waals surface area (Å²) in [4.78, 5) is 16.6. The first-order valence-electron chi connectivity index (χ1n) is 12.8. The number of halogens is 1. The molecule has 0 spiro atoms. The average molecular weight is 512 g/mol. The molecule has 0 bridgehead atoms. The molecule has 36 heavy (non-hydrogen) atoms. The summed E-state index contributed by atoms with van der Waals surface area (Å²) in [5.74, 6) is 0.999. The topological polar surface area (TPSA) is 101 Å². The van der Waals surface area contributed by atoms with E-state index in [9.17, 15) is 10.4 Å². The van der Waals surface area contributed by atoms with E-state index in [-0.39, 0.29) is 11.8 Å². The minimum absolute atomic E-state index is 0.0797. The van der Waals surface area contributed by atoms with Crippen LogP contribution in [-0.4, -0.2) is 78.4 Å². The van der Waals surface area contributed by atoms with E-state index in [0.29, 0.717) is 36.6 Å². The van der Waals surface area contributed by atoms with Gasteiger partial charge in [-0.25, -0.2) is 0 Å².